The van der Waals surface area contributed by atoms with Gasteiger partial charge in [0.25, 0.3) is 0 Å². The Morgan fingerprint density at radius 3 is 2.60 bits per heavy atom. The molecule has 5 rings (SSSR count). The summed E-state index contributed by atoms with van der Waals surface area (Å²) in [5, 5.41) is 8.24. The Balaban J connectivity index is 1.67. The molecular weight excluding hydrogens is 438 g/mol. The first-order valence-corrected chi connectivity index (χ1v) is 11.3. The number of nitrogens with zero attached hydrogens (tertiary/aromatic N) is 3. The number of aromatic nitrogens is 3. The maximum Gasteiger partial charge on any atom is 0.243 e. The molecule has 35 heavy (non-hydrogen) atoms. The van der Waals surface area contributed by atoms with Crippen LogP contribution < -0.4 is 15.4 Å². The lowest BCUT2D eigenvalue weighted by atomic mass is 10.2. The fourth-order valence-electron chi connectivity index (χ4n) is 4.12. The monoisotopic (exact) mass is 463 g/mol. The number of fused-ring (bicyclic) bond motifs is 2. The van der Waals surface area contributed by atoms with E-state index in [9.17, 15) is 4.79 Å². The predicted octanol–water partition coefficient (Wildman–Crippen LogP) is 5.00. The minimum atomic E-state index is -0.242. The largest absolute Gasteiger partial charge is 0.494 e. The molecule has 0 atom stereocenters. The highest BCUT2D eigenvalue weighted by Crippen LogP contribution is 2.31. The maximum atomic E-state index is 11.9. The summed E-state index contributed by atoms with van der Waals surface area (Å²) in [5.41, 5.74) is 3.64. The third-order valence-corrected chi connectivity index (χ3v) is 5.82. The Bertz CT molecular complexity index is 1530. The number of hydrogen-bond acceptors (Lipinski definition) is 5. The number of carbonyl (C=O) groups excluding carboxylic acids is 1. The predicted molar refractivity (Wildman–Crippen MR) is 139 cm³/mol. The van der Waals surface area contributed by atoms with E-state index in [1.807, 2.05) is 71.3 Å². The number of para-hydroxylation sites is 2. The summed E-state index contributed by atoms with van der Waals surface area (Å²) in [6, 6.07) is 26.0. The summed E-state index contributed by atoms with van der Waals surface area (Å²) in [7, 11) is 1.63. The number of anilines is 1. The molecule has 0 aliphatic heterocycles. The third-order valence-electron chi connectivity index (χ3n) is 5.82. The van der Waals surface area contributed by atoms with E-state index in [0.29, 0.717) is 36.1 Å². The molecule has 2 aromatic heterocycles. The van der Waals surface area contributed by atoms with Gasteiger partial charge >= 0.3 is 0 Å². The molecule has 2 heterocycles. The minimum Gasteiger partial charge on any atom is -0.494 e. The topological polar surface area (TPSA) is 81.1 Å². The number of methoxy groups -OCH3 is 1. The summed E-state index contributed by atoms with van der Waals surface area (Å²) in [6.07, 6.45) is 1.26. The van der Waals surface area contributed by atoms with Crippen LogP contribution in [0.3, 0.4) is 0 Å². The van der Waals surface area contributed by atoms with E-state index in [2.05, 4.69) is 29.3 Å². The number of ether oxygens (including phenoxy) is 1. The van der Waals surface area contributed by atoms with E-state index in [0.717, 1.165) is 27.5 Å². The zero-order valence-electron chi connectivity index (χ0n) is 19.4. The van der Waals surface area contributed by atoms with Gasteiger partial charge in [-0.15, -0.1) is 0 Å². The molecule has 1 amide bonds. The minimum absolute atomic E-state index is 0.242. The van der Waals surface area contributed by atoms with E-state index in [-0.39, 0.29) is 5.91 Å². The lowest BCUT2D eigenvalue weighted by Gasteiger charge is -2.15. The lowest BCUT2D eigenvalue weighted by Crippen LogP contribution is -2.22. The van der Waals surface area contributed by atoms with Crippen LogP contribution in [0.2, 0.25) is 0 Å². The third kappa shape index (κ3) is 4.44. The van der Waals surface area contributed by atoms with E-state index in [1.54, 1.807) is 7.11 Å². The molecule has 0 aliphatic carbocycles. The van der Waals surface area contributed by atoms with Crippen molar-refractivity contribution < 1.29 is 9.53 Å². The van der Waals surface area contributed by atoms with Gasteiger partial charge in [-0.2, -0.15) is 4.98 Å². The van der Waals surface area contributed by atoms with Gasteiger partial charge in [-0.25, -0.2) is 4.98 Å². The van der Waals surface area contributed by atoms with Crippen LogP contribution in [0.5, 0.6) is 5.75 Å². The second kappa shape index (κ2) is 9.69. The molecule has 5 aromatic rings. The number of carbonyl (C=O) groups is 1. The highest BCUT2D eigenvalue weighted by molar-refractivity contribution is 5.94. The Morgan fingerprint density at radius 1 is 1.00 bits per heavy atom. The van der Waals surface area contributed by atoms with Crippen LogP contribution in [0.4, 0.5) is 5.82 Å². The molecular formula is C28H25N5O2. The van der Waals surface area contributed by atoms with Gasteiger partial charge in [-0.3, -0.25) is 9.36 Å². The first kappa shape index (κ1) is 22.2. The Labute approximate surface area is 203 Å². The van der Waals surface area contributed by atoms with Crippen LogP contribution in [-0.2, 0) is 17.9 Å². The van der Waals surface area contributed by atoms with E-state index < -0.39 is 0 Å². The van der Waals surface area contributed by atoms with E-state index >= 15 is 0 Å². The van der Waals surface area contributed by atoms with Gasteiger partial charge < -0.3 is 15.4 Å². The summed E-state index contributed by atoms with van der Waals surface area (Å²) in [4.78, 5) is 21.7. The second-order valence-electron chi connectivity index (χ2n) is 8.02. The molecule has 0 radical (unpaired) electrons. The highest BCUT2D eigenvalue weighted by Gasteiger charge is 2.17. The van der Waals surface area contributed by atoms with Crippen LogP contribution in [0.15, 0.2) is 91.5 Å². The van der Waals surface area contributed by atoms with Crippen molar-refractivity contribution >= 4 is 33.5 Å². The molecule has 0 fully saturated rings. The van der Waals surface area contributed by atoms with Gasteiger partial charge in [0.1, 0.15) is 17.1 Å². The van der Waals surface area contributed by atoms with Crippen LogP contribution in [0.25, 0.3) is 27.8 Å². The summed E-state index contributed by atoms with van der Waals surface area (Å²) >= 11 is 0. The van der Waals surface area contributed by atoms with Crippen molar-refractivity contribution in [3.05, 3.63) is 103 Å². The van der Waals surface area contributed by atoms with Crippen LogP contribution in [0, 0.1) is 0 Å². The smallest absolute Gasteiger partial charge is 0.243 e. The molecule has 0 unspecified atom stereocenters. The standard InChI is InChI=1S/C28H25N5O2/c1-3-25(34)29-18-21-16-20-12-7-8-14-23(20)33(21)28-31-26-22(13-9-15-24(26)35-2)27(32-28)30-17-19-10-5-4-6-11-19/h3-16H,1,17-18H2,2H3,(H,29,34)(H,30,31,32). The summed E-state index contributed by atoms with van der Waals surface area (Å²) < 4.78 is 7.60. The summed E-state index contributed by atoms with van der Waals surface area (Å²) in [5.74, 6) is 1.60. The molecule has 0 aliphatic rings. The van der Waals surface area contributed by atoms with Gasteiger partial charge in [0, 0.05) is 23.0 Å². The average molecular weight is 464 g/mol. The first-order valence-electron chi connectivity index (χ1n) is 11.3. The van der Waals surface area contributed by atoms with Gasteiger partial charge in [0.05, 0.1) is 19.2 Å². The van der Waals surface area contributed by atoms with E-state index in [4.69, 9.17) is 14.7 Å². The highest BCUT2D eigenvalue weighted by atomic mass is 16.5. The van der Waals surface area contributed by atoms with Crippen molar-refractivity contribution in [2.45, 2.75) is 13.1 Å². The van der Waals surface area contributed by atoms with Gasteiger partial charge in [-0.05, 0) is 35.9 Å². The molecule has 7 nitrogen and oxygen atoms in total. The molecule has 2 N–H and O–H groups in total. The molecule has 0 bridgehead atoms. The fraction of sp³-hybridized carbons (Fsp3) is 0.107. The van der Waals surface area contributed by atoms with Crippen molar-refractivity contribution in [3.8, 4) is 11.7 Å². The fourth-order valence-corrected chi connectivity index (χ4v) is 4.12. The van der Waals surface area contributed by atoms with Crippen molar-refractivity contribution in [2.75, 3.05) is 12.4 Å². The number of amides is 1. The van der Waals surface area contributed by atoms with Crippen molar-refractivity contribution in [1.29, 1.82) is 0 Å². The quantitative estimate of drug-likeness (QED) is 0.317. The van der Waals surface area contributed by atoms with Gasteiger partial charge in [0.2, 0.25) is 11.9 Å². The summed E-state index contributed by atoms with van der Waals surface area (Å²) in [6.45, 7) is 4.46. The average Bonchev–Trinajstić information content (AvgIpc) is 3.28. The van der Waals surface area contributed by atoms with Gasteiger partial charge in [-0.1, -0.05) is 61.2 Å². The zero-order chi connectivity index (χ0) is 24.2. The number of nitrogens with one attached hydrogen (secondary N) is 2. The first-order chi connectivity index (χ1) is 17.2. The van der Waals surface area contributed by atoms with Crippen LogP contribution in [0.1, 0.15) is 11.3 Å². The van der Waals surface area contributed by atoms with Crippen LogP contribution >= 0.6 is 0 Å². The Hall–Kier alpha value is -4.65. The molecule has 3 aromatic carbocycles. The Morgan fingerprint density at radius 2 is 1.80 bits per heavy atom. The number of hydrogen-bond donors (Lipinski definition) is 2. The van der Waals surface area contributed by atoms with E-state index in [1.165, 1.54) is 6.08 Å². The van der Waals surface area contributed by atoms with Crippen molar-refractivity contribution in [3.63, 3.8) is 0 Å². The van der Waals surface area contributed by atoms with Crippen molar-refractivity contribution in [1.82, 2.24) is 19.9 Å². The SMILES string of the molecule is C=CC(=O)NCc1cc2ccccc2n1-c1nc(NCc2ccccc2)c2cccc(OC)c2n1. The van der Waals surface area contributed by atoms with Gasteiger partial charge in [0.15, 0.2) is 0 Å². The van der Waals surface area contributed by atoms with Crippen molar-refractivity contribution in [2.24, 2.45) is 0 Å². The van der Waals surface area contributed by atoms with Crippen LogP contribution in [-0.4, -0.2) is 27.6 Å². The Kier molecular flexibility index (Phi) is 6.13. The normalized spacial score (nSPS) is 10.9. The number of benzene rings is 3. The molecule has 0 spiro atoms. The maximum absolute atomic E-state index is 11.9. The molecule has 174 valence electrons. The molecule has 0 saturated heterocycles. The number of rotatable bonds is 8. The zero-order valence-corrected chi connectivity index (χ0v) is 19.4. The molecule has 7 heteroatoms. The lowest BCUT2D eigenvalue weighted by molar-refractivity contribution is -0.116. The molecule has 0 saturated carbocycles. The second-order valence-corrected chi connectivity index (χ2v) is 8.02.